The molecule has 0 aliphatic carbocycles. The average molecular weight is 355 g/mol. The van der Waals surface area contributed by atoms with Gasteiger partial charge in [-0.15, -0.1) is 0 Å². The number of rotatable bonds is 7. The molecule has 0 aliphatic heterocycles. The second-order valence-electron chi connectivity index (χ2n) is 5.58. The quantitative estimate of drug-likeness (QED) is 0.589. The Balaban J connectivity index is 1.79. The van der Waals surface area contributed by atoms with Gasteiger partial charge in [-0.05, 0) is 41.8 Å². The van der Waals surface area contributed by atoms with Crippen molar-refractivity contribution in [3.63, 3.8) is 0 Å². The van der Waals surface area contributed by atoms with Crippen LogP contribution in [0.5, 0.6) is 11.5 Å². The van der Waals surface area contributed by atoms with Crippen LogP contribution < -0.4 is 10.1 Å². The Labute approximate surface area is 152 Å². The van der Waals surface area contributed by atoms with Crippen molar-refractivity contribution in [3.8, 4) is 11.5 Å². The van der Waals surface area contributed by atoms with E-state index in [1.807, 2.05) is 31.2 Å². The van der Waals surface area contributed by atoms with Gasteiger partial charge in [-0.1, -0.05) is 30.3 Å². The molecular weight excluding hydrogens is 334 g/mol. The molecule has 0 bridgehead atoms. The van der Waals surface area contributed by atoms with Crippen LogP contribution in [0.3, 0.4) is 0 Å². The summed E-state index contributed by atoms with van der Waals surface area (Å²) in [5.41, 5.74) is 2.74. The summed E-state index contributed by atoms with van der Waals surface area (Å²) < 4.78 is 9.90. The van der Waals surface area contributed by atoms with Crippen molar-refractivity contribution in [2.75, 3.05) is 13.7 Å². The van der Waals surface area contributed by atoms with E-state index < -0.39 is 5.97 Å². The van der Waals surface area contributed by atoms with Crippen LogP contribution in [0.2, 0.25) is 0 Å². The number of benzene rings is 2. The first kappa shape index (κ1) is 19.1. The number of nitrogens with one attached hydrogen (secondary N) is 1. The Morgan fingerprint density at radius 1 is 1.19 bits per heavy atom. The second kappa shape index (κ2) is 9.27. The van der Waals surface area contributed by atoms with Gasteiger partial charge in [0.1, 0.15) is 0 Å². The lowest BCUT2D eigenvalue weighted by Gasteiger charge is -2.07. The van der Waals surface area contributed by atoms with Crippen LogP contribution in [-0.4, -0.2) is 30.7 Å². The first-order chi connectivity index (χ1) is 12.5. The topological polar surface area (TPSA) is 84.9 Å². The third-order valence-electron chi connectivity index (χ3n) is 3.70. The largest absolute Gasteiger partial charge is 0.504 e. The Morgan fingerprint density at radius 2 is 1.96 bits per heavy atom. The highest BCUT2D eigenvalue weighted by Gasteiger charge is 2.06. The SMILES string of the molecule is COc1cc(/C=C/C(=O)OCC(=O)NCc2ccccc2C)ccc1O. The fraction of sp³-hybridized carbons (Fsp3) is 0.200. The molecule has 0 spiro atoms. The van der Waals surface area contributed by atoms with E-state index >= 15 is 0 Å². The molecule has 0 saturated carbocycles. The van der Waals surface area contributed by atoms with E-state index in [0.717, 1.165) is 11.1 Å². The molecule has 26 heavy (non-hydrogen) atoms. The van der Waals surface area contributed by atoms with Gasteiger partial charge < -0.3 is 19.9 Å². The molecule has 2 rings (SSSR count). The zero-order chi connectivity index (χ0) is 18.9. The first-order valence-electron chi connectivity index (χ1n) is 8.02. The summed E-state index contributed by atoms with van der Waals surface area (Å²) in [6.07, 6.45) is 2.72. The van der Waals surface area contributed by atoms with Gasteiger partial charge >= 0.3 is 5.97 Å². The molecule has 0 heterocycles. The van der Waals surface area contributed by atoms with E-state index in [1.54, 1.807) is 12.1 Å². The van der Waals surface area contributed by atoms with Gasteiger partial charge in [-0.25, -0.2) is 4.79 Å². The molecule has 0 radical (unpaired) electrons. The number of carbonyl (C=O) groups excluding carboxylic acids is 2. The van der Waals surface area contributed by atoms with E-state index in [9.17, 15) is 14.7 Å². The lowest BCUT2D eigenvalue weighted by atomic mass is 10.1. The van der Waals surface area contributed by atoms with E-state index in [2.05, 4.69) is 5.32 Å². The minimum atomic E-state index is -0.636. The number of carbonyl (C=O) groups is 2. The summed E-state index contributed by atoms with van der Waals surface area (Å²) in [7, 11) is 1.44. The third kappa shape index (κ3) is 5.66. The van der Waals surface area contributed by atoms with Crippen molar-refractivity contribution >= 4 is 18.0 Å². The molecule has 2 N–H and O–H groups in total. The maximum absolute atomic E-state index is 11.8. The summed E-state index contributed by atoms with van der Waals surface area (Å²) in [6, 6.07) is 12.4. The Morgan fingerprint density at radius 3 is 2.69 bits per heavy atom. The van der Waals surface area contributed by atoms with Gasteiger partial charge in [0.05, 0.1) is 7.11 Å². The van der Waals surface area contributed by atoms with Gasteiger partial charge in [0.15, 0.2) is 18.1 Å². The molecule has 6 nitrogen and oxygen atoms in total. The van der Waals surface area contributed by atoms with E-state index in [1.165, 1.54) is 25.3 Å². The maximum atomic E-state index is 11.8. The van der Waals surface area contributed by atoms with Crippen LogP contribution in [0.4, 0.5) is 0 Å². The van der Waals surface area contributed by atoms with E-state index in [4.69, 9.17) is 9.47 Å². The van der Waals surface area contributed by atoms with Crippen LogP contribution in [0.15, 0.2) is 48.5 Å². The predicted molar refractivity (Wildman–Crippen MR) is 97.7 cm³/mol. The predicted octanol–water partition coefficient (Wildman–Crippen LogP) is 2.58. The number of phenols is 1. The summed E-state index contributed by atoms with van der Waals surface area (Å²) in [5, 5.41) is 12.2. The van der Waals surface area contributed by atoms with Crippen LogP contribution in [0.25, 0.3) is 6.08 Å². The number of amides is 1. The Kier molecular flexibility index (Phi) is 6.79. The first-order valence-corrected chi connectivity index (χ1v) is 8.02. The molecule has 0 saturated heterocycles. The van der Waals surface area contributed by atoms with Gasteiger partial charge in [0.2, 0.25) is 0 Å². The Hall–Kier alpha value is -3.28. The van der Waals surface area contributed by atoms with Gasteiger partial charge in [0, 0.05) is 12.6 Å². The van der Waals surface area contributed by atoms with Crippen LogP contribution >= 0.6 is 0 Å². The number of aromatic hydroxyl groups is 1. The number of phenolic OH excluding ortho intramolecular Hbond substituents is 1. The van der Waals surface area contributed by atoms with Crippen LogP contribution in [0, 0.1) is 6.92 Å². The van der Waals surface area contributed by atoms with Crippen molar-refractivity contribution in [1.82, 2.24) is 5.32 Å². The van der Waals surface area contributed by atoms with Crippen molar-refractivity contribution in [1.29, 1.82) is 0 Å². The maximum Gasteiger partial charge on any atom is 0.331 e. The highest BCUT2D eigenvalue weighted by molar-refractivity contribution is 5.89. The standard InChI is InChI=1S/C20H21NO5/c1-14-5-3-4-6-16(14)12-21-19(23)13-26-20(24)10-8-15-7-9-17(22)18(11-15)25-2/h3-11,22H,12-13H2,1-2H3,(H,21,23)/b10-8+. The molecule has 0 unspecified atom stereocenters. The number of hydrogen-bond donors (Lipinski definition) is 2. The molecular formula is C20H21NO5. The number of methoxy groups -OCH3 is 1. The van der Waals surface area contributed by atoms with Gasteiger partial charge in [-0.2, -0.15) is 0 Å². The summed E-state index contributed by atoms with van der Waals surface area (Å²) >= 11 is 0. The van der Waals surface area contributed by atoms with E-state index in [0.29, 0.717) is 17.9 Å². The highest BCUT2D eigenvalue weighted by Crippen LogP contribution is 2.26. The fourth-order valence-electron chi connectivity index (χ4n) is 2.20. The van der Waals surface area contributed by atoms with Crippen LogP contribution in [-0.2, 0) is 20.9 Å². The molecule has 0 aromatic heterocycles. The molecule has 6 heteroatoms. The third-order valence-corrected chi connectivity index (χ3v) is 3.70. The molecule has 0 atom stereocenters. The molecule has 1 amide bonds. The summed E-state index contributed by atoms with van der Waals surface area (Å²) in [4.78, 5) is 23.5. The molecule has 136 valence electrons. The molecule has 0 fully saturated rings. The zero-order valence-corrected chi connectivity index (χ0v) is 14.7. The van der Waals surface area contributed by atoms with Crippen molar-refractivity contribution in [2.45, 2.75) is 13.5 Å². The minimum absolute atomic E-state index is 0.0116. The minimum Gasteiger partial charge on any atom is -0.504 e. The zero-order valence-electron chi connectivity index (χ0n) is 14.7. The van der Waals surface area contributed by atoms with Crippen molar-refractivity contribution in [3.05, 3.63) is 65.2 Å². The smallest absolute Gasteiger partial charge is 0.331 e. The number of aryl methyl sites for hydroxylation is 1. The lowest BCUT2D eigenvalue weighted by Crippen LogP contribution is -2.28. The van der Waals surface area contributed by atoms with Gasteiger partial charge in [-0.3, -0.25) is 4.79 Å². The normalized spacial score (nSPS) is 10.5. The molecule has 2 aromatic rings. The average Bonchev–Trinajstić information content (AvgIpc) is 2.65. The number of ether oxygens (including phenoxy) is 2. The fourth-order valence-corrected chi connectivity index (χ4v) is 2.20. The molecule has 0 aliphatic rings. The highest BCUT2D eigenvalue weighted by atomic mass is 16.5. The lowest BCUT2D eigenvalue weighted by molar-refractivity contribution is -0.143. The monoisotopic (exact) mass is 355 g/mol. The molecule has 2 aromatic carbocycles. The van der Waals surface area contributed by atoms with Gasteiger partial charge in [0.25, 0.3) is 5.91 Å². The second-order valence-corrected chi connectivity index (χ2v) is 5.58. The van der Waals surface area contributed by atoms with Crippen LogP contribution in [0.1, 0.15) is 16.7 Å². The van der Waals surface area contributed by atoms with Crippen molar-refractivity contribution in [2.24, 2.45) is 0 Å². The van der Waals surface area contributed by atoms with Crippen molar-refractivity contribution < 1.29 is 24.2 Å². The van der Waals surface area contributed by atoms with E-state index in [-0.39, 0.29) is 18.3 Å². The number of hydrogen-bond acceptors (Lipinski definition) is 5. The Bertz CT molecular complexity index is 814. The summed E-state index contributed by atoms with van der Waals surface area (Å²) in [5.74, 6) is -0.696. The number of esters is 1. The summed E-state index contributed by atoms with van der Waals surface area (Å²) in [6.45, 7) is 1.99.